The summed E-state index contributed by atoms with van der Waals surface area (Å²) in [4.78, 5) is 25.8. The molecular weight excluding hydrogens is 210 g/mol. The molecule has 2 N–H and O–H groups in total. The van der Waals surface area contributed by atoms with Crippen molar-refractivity contribution in [3.05, 3.63) is 22.7 Å². The number of aliphatic carboxylic acids is 1. The lowest BCUT2D eigenvalue weighted by Crippen LogP contribution is -2.24. The molecule has 0 saturated carbocycles. The molecule has 0 aromatic carbocycles. The van der Waals surface area contributed by atoms with Crippen molar-refractivity contribution in [2.24, 2.45) is 0 Å². The maximum atomic E-state index is 11.6. The summed E-state index contributed by atoms with van der Waals surface area (Å²) in [6, 6.07) is 0. The SMILES string of the molecule is CCn1ccnc(NCCCC(=O)O)c1=O. The van der Waals surface area contributed by atoms with Crippen molar-refractivity contribution in [2.75, 3.05) is 11.9 Å². The number of hydrogen-bond donors (Lipinski definition) is 2. The standard InChI is InChI=1S/C10H15N3O3/c1-2-13-7-6-12-9(10(13)16)11-5-3-4-8(14)15/h6-7H,2-5H2,1H3,(H,11,12)(H,14,15). The van der Waals surface area contributed by atoms with Gasteiger partial charge in [0.2, 0.25) is 0 Å². The Kier molecular flexibility index (Phi) is 4.50. The highest BCUT2D eigenvalue weighted by molar-refractivity contribution is 5.66. The van der Waals surface area contributed by atoms with Crippen LogP contribution in [0.2, 0.25) is 0 Å². The average Bonchev–Trinajstić information content (AvgIpc) is 2.26. The Balaban J connectivity index is 2.54. The second-order valence-corrected chi connectivity index (χ2v) is 3.29. The summed E-state index contributed by atoms with van der Waals surface area (Å²) in [5.41, 5.74) is -0.180. The number of hydrogen-bond acceptors (Lipinski definition) is 4. The smallest absolute Gasteiger partial charge is 0.303 e. The summed E-state index contributed by atoms with van der Waals surface area (Å²) >= 11 is 0. The molecule has 0 bridgehead atoms. The van der Waals surface area contributed by atoms with Crippen LogP contribution in [0, 0.1) is 0 Å². The van der Waals surface area contributed by atoms with Crippen LogP contribution in [0.4, 0.5) is 5.82 Å². The number of carboxylic acid groups (broad SMARTS) is 1. The van der Waals surface area contributed by atoms with Gasteiger partial charge in [-0.1, -0.05) is 0 Å². The highest BCUT2D eigenvalue weighted by Crippen LogP contribution is 1.95. The van der Waals surface area contributed by atoms with Gasteiger partial charge < -0.3 is 15.0 Å². The number of carbonyl (C=O) groups is 1. The molecule has 1 rings (SSSR count). The third-order valence-electron chi connectivity index (χ3n) is 2.11. The average molecular weight is 225 g/mol. The first-order valence-electron chi connectivity index (χ1n) is 5.16. The van der Waals surface area contributed by atoms with Gasteiger partial charge in [0, 0.05) is 31.9 Å². The first-order chi connectivity index (χ1) is 7.65. The highest BCUT2D eigenvalue weighted by Gasteiger charge is 2.03. The van der Waals surface area contributed by atoms with E-state index >= 15 is 0 Å². The van der Waals surface area contributed by atoms with E-state index in [1.807, 2.05) is 6.92 Å². The molecule has 0 fully saturated rings. The predicted molar refractivity (Wildman–Crippen MR) is 59.5 cm³/mol. The van der Waals surface area contributed by atoms with E-state index in [0.29, 0.717) is 19.5 Å². The zero-order valence-electron chi connectivity index (χ0n) is 9.14. The second-order valence-electron chi connectivity index (χ2n) is 3.29. The number of rotatable bonds is 6. The quantitative estimate of drug-likeness (QED) is 0.690. The van der Waals surface area contributed by atoms with Gasteiger partial charge >= 0.3 is 5.97 Å². The van der Waals surface area contributed by atoms with Crippen LogP contribution in [0.3, 0.4) is 0 Å². The van der Waals surface area contributed by atoms with Crippen molar-refractivity contribution in [3.63, 3.8) is 0 Å². The molecule has 1 heterocycles. The Morgan fingerprint density at radius 3 is 3.00 bits per heavy atom. The van der Waals surface area contributed by atoms with Gasteiger partial charge in [0.05, 0.1) is 0 Å². The van der Waals surface area contributed by atoms with Crippen LogP contribution in [-0.4, -0.2) is 27.2 Å². The lowest BCUT2D eigenvalue weighted by atomic mass is 10.3. The molecule has 6 heteroatoms. The van der Waals surface area contributed by atoms with Crippen LogP contribution in [0.25, 0.3) is 0 Å². The molecule has 16 heavy (non-hydrogen) atoms. The van der Waals surface area contributed by atoms with Crippen LogP contribution in [-0.2, 0) is 11.3 Å². The zero-order chi connectivity index (χ0) is 12.0. The molecule has 0 unspecified atom stereocenters. The van der Waals surface area contributed by atoms with Crippen molar-refractivity contribution < 1.29 is 9.90 Å². The molecule has 0 aliphatic heterocycles. The largest absolute Gasteiger partial charge is 0.481 e. The van der Waals surface area contributed by atoms with E-state index in [0.717, 1.165) is 0 Å². The van der Waals surface area contributed by atoms with E-state index in [2.05, 4.69) is 10.3 Å². The third kappa shape index (κ3) is 3.38. The number of aryl methyl sites for hydroxylation is 1. The van der Waals surface area contributed by atoms with Crippen LogP contribution in [0.15, 0.2) is 17.2 Å². The van der Waals surface area contributed by atoms with Gasteiger partial charge in [0.15, 0.2) is 5.82 Å². The van der Waals surface area contributed by atoms with E-state index < -0.39 is 5.97 Å². The van der Waals surface area contributed by atoms with E-state index in [4.69, 9.17) is 5.11 Å². The molecule has 0 radical (unpaired) electrons. The Bertz CT molecular complexity index is 414. The fraction of sp³-hybridized carbons (Fsp3) is 0.500. The minimum absolute atomic E-state index is 0.0851. The third-order valence-corrected chi connectivity index (χ3v) is 2.11. The topological polar surface area (TPSA) is 84.2 Å². The van der Waals surface area contributed by atoms with E-state index in [-0.39, 0.29) is 17.8 Å². The van der Waals surface area contributed by atoms with Gasteiger partial charge in [-0.15, -0.1) is 0 Å². The monoisotopic (exact) mass is 225 g/mol. The fourth-order valence-electron chi connectivity index (χ4n) is 1.26. The van der Waals surface area contributed by atoms with Gasteiger partial charge in [0.25, 0.3) is 5.56 Å². The summed E-state index contributed by atoms with van der Waals surface area (Å²) in [5, 5.41) is 11.3. The number of anilines is 1. The molecule has 1 aromatic rings. The Morgan fingerprint density at radius 1 is 1.62 bits per heavy atom. The lowest BCUT2D eigenvalue weighted by Gasteiger charge is -2.06. The van der Waals surface area contributed by atoms with Crippen molar-refractivity contribution in [3.8, 4) is 0 Å². The van der Waals surface area contributed by atoms with Gasteiger partial charge in [-0.2, -0.15) is 0 Å². The second kappa shape index (κ2) is 5.89. The summed E-state index contributed by atoms with van der Waals surface area (Å²) < 4.78 is 1.53. The predicted octanol–water partition coefficient (Wildman–Crippen LogP) is 0.540. The van der Waals surface area contributed by atoms with Crippen molar-refractivity contribution in [1.82, 2.24) is 9.55 Å². The van der Waals surface area contributed by atoms with Crippen LogP contribution in [0.1, 0.15) is 19.8 Å². The molecule has 1 aromatic heterocycles. The maximum absolute atomic E-state index is 11.6. The van der Waals surface area contributed by atoms with Crippen molar-refractivity contribution in [1.29, 1.82) is 0 Å². The highest BCUT2D eigenvalue weighted by atomic mass is 16.4. The first-order valence-corrected chi connectivity index (χ1v) is 5.16. The molecule has 0 aliphatic carbocycles. The molecule has 0 atom stereocenters. The number of carboxylic acids is 1. The molecule has 0 saturated heterocycles. The minimum atomic E-state index is -0.839. The van der Waals surface area contributed by atoms with Gasteiger partial charge in [-0.05, 0) is 13.3 Å². The molecule has 0 amide bonds. The Labute approximate surface area is 92.9 Å². The van der Waals surface area contributed by atoms with Crippen LogP contribution >= 0.6 is 0 Å². The molecular formula is C10H15N3O3. The van der Waals surface area contributed by atoms with E-state index in [9.17, 15) is 9.59 Å². The Hall–Kier alpha value is -1.85. The first kappa shape index (κ1) is 12.2. The molecule has 6 nitrogen and oxygen atoms in total. The number of aromatic nitrogens is 2. The van der Waals surface area contributed by atoms with Crippen LogP contribution < -0.4 is 10.9 Å². The molecule has 0 spiro atoms. The summed E-state index contributed by atoms with van der Waals surface area (Å²) in [6.45, 7) is 2.89. The summed E-state index contributed by atoms with van der Waals surface area (Å²) in [6.07, 6.45) is 3.72. The van der Waals surface area contributed by atoms with Gasteiger partial charge in [0.1, 0.15) is 0 Å². The fourth-order valence-corrected chi connectivity index (χ4v) is 1.26. The number of nitrogens with zero attached hydrogens (tertiary/aromatic N) is 2. The molecule has 88 valence electrons. The minimum Gasteiger partial charge on any atom is -0.481 e. The molecule has 0 aliphatic rings. The van der Waals surface area contributed by atoms with Gasteiger partial charge in [-0.3, -0.25) is 9.59 Å². The van der Waals surface area contributed by atoms with Gasteiger partial charge in [-0.25, -0.2) is 4.98 Å². The summed E-state index contributed by atoms with van der Waals surface area (Å²) in [7, 11) is 0. The van der Waals surface area contributed by atoms with E-state index in [1.54, 1.807) is 12.4 Å². The van der Waals surface area contributed by atoms with Crippen molar-refractivity contribution >= 4 is 11.8 Å². The number of nitrogens with one attached hydrogen (secondary N) is 1. The van der Waals surface area contributed by atoms with E-state index in [1.165, 1.54) is 4.57 Å². The maximum Gasteiger partial charge on any atom is 0.303 e. The van der Waals surface area contributed by atoms with Crippen molar-refractivity contribution in [2.45, 2.75) is 26.3 Å². The normalized spacial score (nSPS) is 10.1. The summed E-state index contributed by atoms with van der Waals surface area (Å²) in [5.74, 6) is -0.566. The Morgan fingerprint density at radius 2 is 2.38 bits per heavy atom. The zero-order valence-corrected chi connectivity index (χ0v) is 9.14. The lowest BCUT2D eigenvalue weighted by molar-refractivity contribution is -0.137. The van der Waals surface area contributed by atoms with Crippen LogP contribution in [0.5, 0.6) is 0 Å².